The maximum Gasteiger partial charge on any atom is 0.472 e. The third-order valence-corrected chi connectivity index (χ3v) is 10.0. The van der Waals surface area contributed by atoms with Crippen LogP contribution in [0.2, 0.25) is 0 Å². The first-order valence-corrected chi connectivity index (χ1v) is 22.0. The SMILES string of the molecule is CCCCCCCCCC/C=C/CC/C=C/C(O)C(COP(=O)(O)OCCN)NC(=O)CCCCCCCCCCCCCCCCCC. The number of aliphatic hydroxyl groups is 1. The lowest BCUT2D eigenvalue weighted by Crippen LogP contribution is -2.45. The fourth-order valence-electron chi connectivity index (χ4n) is 5.91. The van der Waals surface area contributed by atoms with Crippen molar-refractivity contribution in [1.29, 1.82) is 0 Å². The number of nitrogens with two attached hydrogens (primary N) is 1. The summed E-state index contributed by atoms with van der Waals surface area (Å²) in [5, 5.41) is 13.6. The van der Waals surface area contributed by atoms with Crippen LogP contribution in [0.25, 0.3) is 0 Å². The van der Waals surface area contributed by atoms with Gasteiger partial charge in [0.25, 0.3) is 0 Å². The second kappa shape index (κ2) is 36.8. The molecule has 0 saturated heterocycles. The van der Waals surface area contributed by atoms with Crippen molar-refractivity contribution in [3.05, 3.63) is 24.3 Å². The lowest BCUT2D eigenvalue weighted by molar-refractivity contribution is -0.123. The highest BCUT2D eigenvalue weighted by Crippen LogP contribution is 2.43. The van der Waals surface area contributed by atoms with Gasteiger partial charge in [0.05, 0.1) is 25.4 Å². The molecule has 0 aliphatic rings. The molecule has 290 valence electrons. The number of amides is 1. The minimum Gasteiger partial charge on any atom is -0.387 e. The van der Waals surface area contributed by atoms with Gasteiger partial charge in [0.2, 0.25) is 5.91 Å². The van der Waals surface area contributed by atoms with Crippen LogP contribution in [0, 0.1) is 0 Å². The monoisotopic (exact) mass is 715 g/mol. The standard InChI is InChI=1S/C40H79N2O6P/c1-3-5-7-9-11-13-15-17-19-20-22-24-26-28-30-32-34-40(44)42-38(37-48-49(45,46)47-36-35-41)39(43)33-31-29-27-25-23-21-18-16-14-12-10-8-6-4-2/h23,25,31,33,38-39,43H,3-22,24,26-30,32,34-37,41H2,1-2H3,(H,42,44)(H,45,46)/b25-23+,33-31+. The third-order valence-electron chi connectivity index (χ3n) is 9.03. The van der Waals surface area contributed by atoms with E-state index in [1.54, 1.807) is 6.08 Å². The van der Waals surface area contributed by atoms with E-state index < -0.39 is 20.0 Å². The Hall–Kier alpha value is -1.02. The van der Waals surface area contributed by atoms with Crippen molar-refractivity contribution in [3.63, 3.8) is 0 Å². The Labute approximate surface area is 302 Å². The molecule has 0 bridgehead atoms. The molecule has 9 heteroatoms. The molecule has 0 aromatic rings. The lowest BCUT2D eigenvalue weighted by Gasteiger charge is -2.23. The number of aliphatic hydroxyl groups excluding tert-OH is 1. The van der Waals surface area contributed by atoms with Gasteiger partial charge in [0.1, 0.15) is 0 Å². The number of phosphoric acid groups is 1. The van der Waals surface area contributed by atoms with Crippen molar-refractivity contribution >= 4 is 13.7 Å². The van der Waals surface area contributed by atoms with Gasteiger partial charge in [0, 0.05) is 13.0 Å². The Morgan fingerprint density at radius 2 is 1.08 bits per heavy atom. The zero-order valence-electron chi connectivity index (χ0n) is 31.9. The van der Waals surface area contributed by atoms with Crippen LogP contribution in [0.3, 0.4) is 0 Å². The molecule has 1 amide bonds. The van der Waals surface area contributed by atoms with Gasteiger partial charge in [-0.3, -0.25) is 13.8 Å². The van der Waals surface area contributed by atoms with Crippen LogP contribution < -0.4 is 11.1 Å². The number of rotatable bonds is 38. The molecule has 0 heterocycles. The Bertz CT molecular complexity index is 825. The zero-order chi connectivity index (χ0) is 36.1. The zero-order valence-corrected chi connectivity index (χ0v) is 32.8. The molecule has 3 atom stereocenters. The molecule has 5 N–H and O–H groups in total. The first kappa shape index (κ1) is 48.0. The fourth-order valence-corrected chi connectivity index (χ4v) is 6.67. The van der Waals surface area contributed by atoms with Crippen molar-refractivity contribution in [2.24, 2.45) is 5.73 Å². The molecule has 49 heavy (non-hydrogen) atoms. The summed E-state index contributed by atoms with van der Waals surface area (Å²) in [7, 11) is -4.34. The Kier molecular flexibility index (Phi) is 36.0. The first-order chi connectivity index (χ1) is 23.9. The molecule has 0 aromatic carbocycles. The highest BCUT2D eigenvalue weighted by atomic mass is 31.2. The van der Waals surface area contributed by atoms with E-state index in [1.165, 1.54) is 135 Å². The van der Waals surface area contributed by atoms with E-state index in [4.69, 9.17) is 14.8 Å². The smallest absolute Gasteiger partial charge is 0.387 e. The Morgan fingerprint density at radius 3 is 1.57 bits per heavy atom. The maximum atomic E-state index is 12.7. The molecule has 0 saturated carbocycles. The molecule has 8 nitrogen and oxygen atoms in total. The van der Waals surface area contributed by atoms with E-state index in [-0.39, 0.29) is 25.7 Å². The molecule has 0 fully saturated rings. The van der Waals surface area contributed by atoms with Crippen LogP contribution in [0.5, 0.6) is 0 Å². The van der Waals surface area contributed by atoms with E-state index in [9.17, 15) is 19.4 Å². The van der Waals surface area contributed by atoms with Gasteiger partial charge in [-0.1, -0.05) is 179 Å². The summed E-state index contributed by atoms with van der Waals surface area (Å²) in [4.78, 5) is 22.6. The van der Waals surface area contributed by atoms with Crippen LogP contribution in [0.4, 0.5) is 0 Å². The predicted octanol–water partition coefficient (Wildman–Crippen LogP) is 11.0. The average molecular weight is 715 g/mol. The Balaban J connectivity index is 4.28. The van der Waals surface area contributed by atoms with Crippen molar-refractivity contribution in [2.45, 2.75) is 206 Å². The first-order valence-electron chi connectivity index (χ1n) is 20.5. The van der Waals surface area contributed by atoms with Crippen LogP contribution in [-0.2, 0) is 18.4 Å². The number of nitrogens with one attached hydrogen (secondary N) is 1. The molecule has 0 aromatic heterocycles. The van der Waals surface area contributed by atoms with Gasteiger partial charge in [-0.05, 0) is 32.1 Å². The number of hydrogen-bond donors (Lipinski definition) is 4. The van der Waals surface area contributed by atoms with E-state index >= 15 is 0 Å². The number of hydrogen-bond acceptors (Lipinski definition) is 6. The largest absolute Gasteiger partial charge is 0.472 e. The van der Waals surface area contributed by atoms with Gasteiger partial charge in [-0.15, -0.1) is 0 Å². The second-order valence-corrected chi connectivity index (χ2v) is 15.3. The molecule has 0 aliphatic heterocycles. The number of carbonyl (C=O) groups excluding carboxylic acids is 1. The van der Waals surface area contributed by atoms with Gasteiger partial charge in [0.15, 0.2) is 0 Å². The van der Waals surface area contributed by atoms with Gasteiger partial charge in [-0.2, -0.15) is 0 Å². The number of allylic oxidation sites excluding steroid dienone is 3. The minimum atomic E-state index is -4.34. The summed E-state index contributed by atoms with van der Waals surface area (Å²) in [6.45, 7) is 4.11. The molecule has 0 aliphatic carbocycles. The van der Waals surface area contributed by atoms with E-state index in [2.05, 4.69) is 31.3 Å². The minimum absolute atomic E-state index is 0.0757. The van der Waals surface area contributed by atoms with Crippen molar-refractivity contribution < 1.29 is 28.4 Å². The number of carbonyl (C=O) groups is 1. The Morgan fingerprint density at radius 1 is 0.653 bits per heavy atom. The second-order valence-electron chi connectivity index (χ2n) is 13.8. The van der Waals surface area contributed by atoms with E-state index in [0.29, 0.717) is 6.42 Å². The van der Waals surface area contributed by atoms with Crippen molar-refractivity contribution in [1.82, 2.24) is 5.32 Å². The summed E-state index contributed by atoms with van der Waals surface area (Å²) >= 11 is 0. The maximum absolute atomic E-state index is 12.7. The average Bonchev–Trinajstić information content (AvgIpc) is 3.09. The molecule has 0 rings (SSSR count). The highest BCUT2D eigenvalue weighted by molar-refractivity contribution is 7.47. The normalized spacial score (nSPS) is 14.5. The summed E-state index contributed by atoms with van der Waals surface area (Å²) in [6.07, 6.45) is 40.8. The molecule has 3 unspecified atom stereocenters. The van der Waals surface area contributed by atoms with E-state index in [1.807, 2.05) is 6.08 Å². The third kappa shape index (κ3) is 35.2. The highest BCUT2D eigenvalue weighted by Gasteiger charge is 2.26. The van der Waals surface area contributed by atoms with E-state index in [0.717, 1.165) is 38.5 Å². The number of unbranched alkanes of at least 4 members (excludes halogenated alkanes) is 24. The summed E-state index contributed by atoms with van der Waals surface area (Å²) < 4.78 is 22.1. The van der Waals surface area contributed by atoms with Crippen LogP contribution in [0.15, 0.2) is 24.3 Å². The molecule has 0 radical (unpaired) electrons. The molecule has 0 spiro atoms. The van der Waals surface area contributed by atoms with Crippen LogP contribution >= 0.6 is 7.82 Å². The lowest BCUT2D eigenvalue weighted by atomic mass is 10.0. The fraction of sp³-hybridized carbons (Fsp3) is 0.875. The van der Waals surface area contributed by atoms with Crippen molar-refractivity contribution in [2.75, 3.05) is 19.8 Å². The molecular weight excluding hydrogens is 635 g/mol. The van der Waals surface area contributed by atoms with Gasteiger partial charge >= 0.3 is 7.82 Å². The number of phosphoric ester groups is 1. The summed E-state index contributed by atoms with van der Waals surface area (Å²) in [5.41, 5.74) is 5.36. The quantitative estimate of drug-likeness (QED) is 0.0284. The summed E-state index contributed by atoms with van der Waals surface area (Å²) in [6, 6.07) is -0.871. The van der Waals surface area contributed by atoms with Gasteiger partial charge < -0.3 is 21.1 Å². The van der Waals surface area contributed by atoms with Crippen LogP contribution in [0.1, 0.15) is 194 Å². The van der Waals surface area contributed by atoms with Crippen LogP contribution in [-0.4, -0.2) is 47.8 Å². The summed E-state index contributed by atoms with van der Waals surface area (Å²) in [5.74, 6) is -0.203. The topological polar surface area (TPSA) is 131 Å². The van der Waals surface area contributed by atoms with Gasteiger partial charge in [-0.25, -0.2) is 4.57 Å². The van der Waals surface area contributed by atoms with Crippen molar-refractivity contribution in [3.8, 4) is 0 Å². The molecular formula is C40H79N2O6P. The predicted molar refractivity (Wildman–Crippen MR) is 208 cm³/mol.